The van der Waals surface area contributed by atoms with Crippen LogP contribution in [0.5, 0.6) is 0 Å². The van der Waals surface area contributed by atoms with E-state index in [1.807, 2.05) is 44.2 Å². The van der Waals surface area contributed by atoms with Gasteiger partial charge in [0.15, 0.2) is 12.2 Å². The van der Waals surface area contributed by atoms with E-state index in [9.17, 15) is 19.2 Å². The van der Waals surface area contributed by atoms with E-state index in [0.29, 0.717) is 6.42 Å². The van der Waals surface area contributed by atoms with Crippen LogP contribution in [0.15, 0.2) is 48.9 Å². The van der Waals surface area contributed by atoms with Crippen molar-refractivity contribution in [1.29, 1.82) is 0 Å². The largest absolute Gasteiger partial charge is 0.622 e. The zero-order chi connectivity index (χ0) is 26.9. The van der Waals surface area contributed by atoms with Crippen LogP contribution >= 0.6 is 0 Å². The predicted molar refractivity (Wildman–Crippen MR) is 133 cm³/mol. The Morgan fingerprint density at radius 2 is 1.65 bits per heavy atom. The maximum Gasteiger partial charge on any atom is 0.622 e. The summed E-state index contributed by atoms with van der Waals surface area (Å²) in [6.07, 6.45) is 2.65. The minimum absolute atomic E-state index is 0.0426. The molecule has 1 aliphatic rings. The first-order chi connectivity index (χ1) is 17.6. The van der Waals surface area contributed by atoms with Crippen LogP contribution in [0.25, 0.3) is 0 Å². The smallest absolute Gasteiger partial charge is 0.496 e. The van der Waals surface area contributed by atoms with Gasteiger partial charge in [-0.2, -0.15) is 0 Å². The molecular formula is C25H31BN4O7. The van der Waals surface area contributed by atoms with Crippen LogP contribution in [0.3, 0.4) is 0 Å². The third kappa shape index (κ3) is 8.11. The number of benzene rings is 1. The van der Waals surface area contributed by atoms with Crippen LogP contribution < -0.4 is 10.6 Å². The highest BCUT2D eigenvalue weighted by molar-refractivity contribution is 6.51. The normalized spacial score (nSPS) is 19.6. The van der Waals surface area contributed by atoms with Gasteiger partial charge in [0.05, 0.1) is 12.1 Å². The SMILES string of the molecule is CC(C)C[C@H](NC(=O)[C@H](Cc1ccccc1)NC(=O)c1cnccn1)B1OC(=O)[C@H](C)O[C@H](C)C(=O)O1. The molecule has 2 N–H and O–H groups in total. The Balaban J connectivity index is 1.84. The zero-order valence-electron chi connectivity index (χ0n) is 21.2. The third-order valence-corrected chi connectivity index (χ3v) is 5.62. The molecule has 12 heteroatoms. The van der Waals surface area contributed by atoms with Gasteiger partial charge in [0.25, 0.3) is 5.91 Å². The Labute approximate surface area is 215 Å². The number of hydrogen-bond acceptors (Lipinski definition) is 9. The van der Waals surface area contributed by atoms with Crippen molar-refractivity contribution in [1.82, 2.24) is 20.6 Å². The second kappa shape index (κ2) is 13.0. The zero-order valence-corrected chi connectivity index (χ0v) is 21.2. The highest BCUT2D eigenvalue weighted by atomic mass is 16.7. The molecule has 1 aromatic heterocycles. The van der Waals surface area contributed by atoms with Gasteiger partial charge in [-0.15, -0.1) is 0 Å². The molecule has 2 aromatic rings. The van der Waals surface area contributed by atoms with Crippen molar-refractivity contribution in [2.45, 2.75) is 64.7 Å². The average Bonchev–Trinajstić information content (AvgIpc) is 2.87. The van der Waals surface area contributed by atoms with E-state index < -0.39 is 55.1 Å². The van der Waals surface area contributed by atoms with Crippen LogP contribution in [0.2, 0.25) is 0 Å². The fourth-order valence-electron chi connectivity index (χ4n) is 3.76. The molecule has 1 aliphatic heterocycles. The molecule has 1 fully saturated rings. The molecular weight excluding hydrogens is 479 g/mol. The van der Waals surface area contributed by atoms with E-state index in [1.54, 1.807) is 0 Å². The van der Waals surface area contributed by atoms with Gasteiger partial charge < -0.3 is 24.7 Å². The van der Waals surface area contributed by atoms with E-state index >= 15 is 0 Å². The standard InChI is InChI=1S/C25H31BN4O7/c1-15(2)12-21(26-36-24(33)16(3)35-17(4)25(34)37-26)30-22(31)19(13-18-8-6-5-7-9-18)29-23(32)20-14-27-10-11-28-20/h5-11,14-17,19,21H,12-13H2,1-4H3,(H,29,32)(H,30,31)/t16-,17+,19-,21-/m0/s1. The van der Waals surface area contributed by atoms with Crippen LogP contribution in [0, 0.1) is 5.92 Å². The molecule has 0 radical (unpaired) electrons. The topological polar surface area (TPSA) is 146 Å². The van der Waals surface area contributed by atoms with E-state index in [4.69, 9.17) is 14.0 Å². The van der Waals surface area contributed by atoms with Crippen molar-refractivity contribution >= 4 is 30.9 Å². The summed E-state index contributed by atoms with van der Waals surface area (Å²) in [5.41, 5.74) is 0.865. The Morgan fingerprint density at radius 1 is 1.00 bits per heavy atom. The molecule has 196 valence electrons. The molecule has 0 spiro atoms. The summed E-state index contributed by atoms with van der Waals surface area (Å²) in [6, 6.07) is 8.16. The molecule has 3 rings (SSSR count). The van der Waals surface area contributed by atoms with Gasteiger partial charge in [0.1, 0.15) is 11.7 Å². The van der Waals surface area contributed by atoms with E-state index in [2.05, 4.69) is 20.6 Å². The molecule has 0 unspecified atom stereocenters. The molecule has 2 heterocycles. The van der Waals surface area contributed by atoms with Crippen molar-refractivity contribution in [2.75, 3.05) is 0 Å². The Kier molecular flexibility index (Phi) is 9.73. The quantitative estimate of drug-likeness (QED) is 0.476. The maximum absolute atomic E-state index is 13.5. The first kappa shape index (κ1) is 27.8. The summed E-state index contributed by atoms with van der Waals surface area (Å²) >= 11 is 0. The number of rotatable bonds is 9. The molecule has 11 nitrogen and oxygen atoms in total. The highest BCUT2D eigenvalue weighted by Crippen LogP contribution is 2.16. The average molecular weight is 510 g/mol. The lowest BCUT2D eigenvalue weighted by Gasteiger charge is -2.30. The van der Waals surface area contributed by atoms with Crippen molar-refractivity contribution in [3.05, 3.63) is 60.2 Å². The Morgan fingerprint density at radius 3 is 2.22 bits per heavy atom. The molecule has 37 heavy (non-hydrogen) atoms. The summed E-state index contributed by atoms with van der Waals surface area (Å²) in [6.45, 7) is 6.78. The first-order valence-electron chi connectivity index (χ1n) is 12.1. The Bertz CT molecular complexity index is 1060. The summed E-state index contributed by atoms with van der Waals surface area (Å²) in [7, 11) is -1.37. The number of carbonyl (C=O) groups excluding carboxylic acids is 4. The molecule has 0 saturated carbocycles. The molecule has 0 bridgehead atoms. The minimum Gasteiger partial charge on any atom is -0.496 e. The molecule has 0 aliphatic carbocycles. The lowest BCUT2D eigenvalue weighted by molar-refractivity contribution is -0.168. The van der Waals surface area contributed by atoms with Gasteiger partial charge in [0.2, 0.25) is 5.91 Å². The summed E-state index contributed by atoms with van der Waals surface area (Å²) in [5, 5.41) is 5.54. The number of hydrogen-bond donors (Lipinski definition) is 2. The number of amides is 2. The number of nitrogens with one attached hydrogen (secondary N) is 2. The van der Waals surface area contributed by atoms with E-state index in [-0.39, 0.29) is 18.0 Å². The first-order valence-corrected chi connectivity index (χ1v) is 12.1. The number of nitrogens with zero attached hydrogens (tertiary/aromatic N) is 2. The molecule has 2 amide bonds. The van der Waals surface area contributed by atoms with Gasteiger partial charge in [-0.05, 0) is 31.7 Å². The lowest BCUT2D eigenvalue weighted by atomic mass is 9.73. The van der Waals surface area contributed by atoms with Gasteiger partial charge >= 0.3 is 19.1 Å². The van der Waals surface area contributed by atoms with Crippen molar-refractivity contribution < 1.29 is 33.2 Å². The fourth-order valence-corrected chi connectivity index (χ4v) is 3.76. The van der Waals surface area contributed by atoms with Gasteiger partial charge in [-0.3, -0.25) is 24.2 Å². The lowest BCUT2D eigenvalue weighted by Crippen LogP contribution is -2.58. The molecule has 1 aromatic carbocycles. The van der Waals surface area contributed by atoms with Crippen molar-refractivity contribution in [3.8, 4) is 0 Å². The van der Waals surface area contributed by atoms with E-state index in [1.165, 1.54) is 32.4 Å². The van der Waals surface area contributed by atoms with Gasteiger partial charge in [0, 0.05) is 18.8 Å². The monoisotopic (exact) mass is 510 g/mol. The van der Waals surface area contributed by atoms with Crippen LogP contribution in [-0.2, 0) is 34.9 Å². The summed E-state index contributed by atoms with van der Waals surface area (Å²) in [5.74, 6) is -3.38. The van der Waals surface area contributed by atoms with Crippen LogP contribution in [-0.4, -0.2) is 65.0 Å². The third-order valence-electron chi connectivity index (χ3n) is 5.62. The summed E-state index contributed by atoms with van der Waals surface area (Å²) in [4.78, 5) is 59.1. The van der Waals surface area contributed by atoms with Gasteiger partial charge in [-0.1, -0.05) is 44.2 Å². The fraction of sp³-hybridized carbons (Fsp3) is 0.440. The van der Waals surface area contributed by atoms with Crippen LogP contribution in [0.4, 0.5) is 0 Å². The van der Waals surface area contributed by atoms with Crippen molar-refractivity contribution in [2.24, 2.45) is 5.92 Å². The van der Waals surface area contributed by atoms with E-state index in [0.717, 1.165) is 5.56 Å². The predicted octanol–water partition coefficient (Wildman–Crippen LogP) is 1.27. The second-order valence-corrected chi connectivity index (χ2v) is 9.21. The summed E-state index contributed by atoms with van der Waals surface area (Å²) < 4.78 is 16.1. The minimum atomic E-state index is -1.37. The maximum atomic E-state index is 13.5. The number of carbonyl (C=O) groups is 4. The van der Waals surface area contributed by atoms with Crippen LogP contribution in [0.1, 0.15) is 50.2 Å². The number of ether oxygens (including phenoxy) is 1. The van der Waals surface area contributed by atoms with Gasteiger partial charge in [-0.25, -0.2) is 4.98 Å². The second-order valence-electron chi connectivity index (χ2n) is 9.21. The number of aromatic nitrogens is 2. The highest BCUT2D eigenvalue weighted by Gasteiger charge is 2.44. The molecule has 4 atom stereocenters. The Hall–Kier alpha value is -3.80. The molecule has 1 saturated heterocycles. The van der Waals surface area contributed by atoms with Crippen molar-refractivity contribution in [3.63, 3.8) is 0 Å².